The van der Waals surface area contributed by atoms with Gasteiger partial charge in [0.1, 0.15) is 5.60 Å². The number of carbonyl (C=O) groups excluding carboxylic acids is 2. The number of urea groups is 1. The Morgan fingerprint density at radius 2 is 1.73 bits per heavy atom. The third-order valence-electron chi connectivity index (χ3n) is 7.08. The molecule has 0 aromatic heterocycles. The van der Waals surface area contributed by atoms with Gasteiger partial charge < -0.3 is 28.9 Å². The summed E-state index contributed by atoms with van der Waals surface area (Å²) in [7, 11) is -3.27. The molecule has 1 aromatic rings. The zero-order chi connectivity index (χ0) is 27.1. The van der Waals surface area contributed by atoms with Gasteiger partial charge in [0.25, 0.3) is 0 Å². The second-order valence-electron chi connectivity index (χ2n) is 10.8. The van der Waals surface area contributed by atoms with Gasteiger partial charge in [0, 0.05) is 26.2 Å². The van der Waals surface area contributed by atoms with Crippen LogP contribution in [-0.2, 0) is 23.9 Å². The third kappa shape index (κ3) is 7.71. The lowest BCUT2D eigenvalue weighted by Crippen LogP contribution is -2.47. The summed E-state index contributed by atoms with van der Waals surface area (Å²) >= 11 is 0. The van der Waals surface area contributed by atoms with Gasteiger partial charge in [0.15, 0.2) is 0 Å². The van der Waals surface area contributed by atoms with Gasteiger partial charge in [-0.2, -0.15) is 0 Å². The van der Waals surface area contributed by atoms with E-state index in [1.54, 1.807) is 18.7 Å². The monoisotopic (exact) mass is 537 g/mol. The van der Waals surface area contributed by atoms with Gasteiger partial charge >= 0.3 is 19.7 Å². The summed E-state index contributed by atoms with van der Waals surface area (Å²) in [5, 5.41) is 3.04. The van der Waals surface area contributed by atoms with Crippen molar-refractivity contribution in [3.63, 3.8) is 0 Å². The first kappa shape index (κ1) is 29.5. The molecule has 3 amide bonds. The maximum Gasteiger partial charge on any atom is 0.410 e. The molecule has 2 heterocycles. The van der Waals surface area contributed by atoms with Crippen molar-refractivity contribution >= 4 is 19.7 Å². The van der Waals surface area contributed by atoms with Gasteiger partial charge in [-0.1, -0.05) is 30.3 Å². The van der Waals surface area contributed by atoms with E-state index in [2.05, 4.69) is 5.32 Å². The van der Waals surface area contributed by atoms with Crippen molar-refractivity contribution in [3.05, 3.63) is 35.9 Å². The third-order valence-corrected chi connectivity index (χ3v) is 9.16. The molecule has 3 rings (SSSR count). The number of piperidine rings is 1. The Labute approximate surface area is 221 Å². The predicted octanol–water partition coefficient (Wildman–Crippen LogP) is 5.60. The van der Waals surface area contributed by atoms with E-state index in [1.165, 1.54) is 0 Å². The summed E-state index contributed by atoms with van der Waals surface area (Å²) in [5.74, 6) is 0.401. The largest absolute Gasteiger partial charge is 0.444 e. The molecule has 9 nitrogen and oxygen atoms in total. The van der Waals surface area contributed by atoms with Gasteiger partial charge in [0.05, 0.1) is 24.9 Å². The van der Waals surface area contributed by atoms with Crippen LogP contribution in [0.25, 0.3) is 0 Å². The first-order valence-corrected chi connectivity index (χ1v) is 15.2. The van der Waals surface area contributed by atoms with Crippen LogP contribution in [0.15, 0.2) is 30.3 Å². The van der Waals surface area contributed by atoms with Gasteiger partial charge in [0.2, 0.25) is 0 Å². The lowest BCUT2D eigenvalue weighted by Gasteiger charge is -2.40. The van der Waals surface area contributed by atoms with Crippen LogP contribution in [-0.4, -0.2) is 73.1 Å². The normalized spacial score (nSPS) is 21.3. The topological polar surface area (TPSA) is 97.4 Å². The number of hydrogen-bond acceptors (Lipinski definition) is 6. The van der Waals surface area contributed by atoms with Crippen molar-refractivity contribution in [1.29, 1.82) is 0 Å². The smallest absolute Gasteiger partial charge is 0.410 e. The van der Waals surface area contributed by atoms with Crippen LogP contribution in [0.4, 0.5) is 9.59 Å². The summed E-state index contributed by atoms with van der Waals surface area (Å²) in [5.41, 5.74) is -0.140. The van der Waals surface area contributed by atoms with Gasteiger partial charge in [-0.3, -0.25) is 4.57 Å². The van der Waals surface area contributed by atoms with Crippen molar-refractivity contribution in [2.45, 2.75) is 71.4 Å². The predicted molar refractivity (Wildman–Crippen MR) is 144 cm³/mol. The SMILES string of the molecule is CCOP(=O)(CCC1(c2ccccc2)CNC(=O)N1CCC1CCN(C(=O)OC(C)(C)C)CC1)OCC. The highest BCUT2D eigenvalue weighted by Gasteiger charge is 2.48. The van der Waals surface area contributed by atoms with Crippen LogP contribution in [0.1, 0.15) is 65.9 Å². The second-order valence-corrected chi connectivity index (χ2v) is 13.0. The molecule has 0 spiro atoms. The minimum Gasteiger partial charge on any atom is -0.444 e. The number of hydrogen-bond donors (Lipinski definition) is 1. The lowest BCUT2D eigenvalue weighted by molar-refractivity contribution is 0.0176. The maximum absolute atomic E-state index is 13.3. The highest BCUT2D eigenvalue weighted by Crippen LogP contribution is 2.51. The standard InChI is InChI=1S/C27H44N3O6P/c1-6-34-37(33,35-7-2)20-16-27(23-11-9-8-10-12-23)21-28-24(31)30(27)19-15-22-13-17-29(18-14-22)25(32)36-26(3,4)5/h8-12,22H,6-7,13-21H2,1-5H3,(H,28,31). The first-order valence-electron chi connectivity index (χ1n) is 13.5. The van der Waals surface area contributed by atoms with Gasteiger partial charge in [-0.25, -0.2) is 9.59 Å². The molecule has 0 bridgehead atoms. The molecular formula is C27H44N3O6P. The van der Waals surface area contributed by atoms with Crippen LogP contribution in [0.3, 0.4) is 0 Å². The molecule has 0 aliphatic carbocycles. The fourth-order valence-corrected chi connectivity index (χ4v) is 6.98. The van der Waals surface area contributed by atoms with Crippen LogP contribution in [0.5, 0.6) is 0 Å². The Balaban J connectivity index is 1.70. The molecule has 1 N–H and O–H groups in total. The maximum atomic E-state index is 13.3. The van der Waals surface area contributed by atoms with Crippen LogP contribution in [0, 0.1) is 5.92 Å². The minimum absolute atomic E-state index is 0.113. The van der Waals surface area contributed by atoms with Crippen LogP contribution in [0.2, 0.25) is 0 Å². The van der Waals surface area contributed by atoms with E-state index >= 15 is 0 Å². The molecule has 2 saturated heterocycles. The molecule has 0 saturated carbocycles. The Bertz CT molecular complexity index is 935. The van der Waals surface area contributed by atoms with E-state index in [0.717, 1.165) is 24.8 Å². The molecular weight excluding hydrogens is 493 g/mol. The summed E-state index contributed by atoms with van der Waals surface area (Å²) in [6.45, 7) is 12.2. The van der Waals surface area contributed by atoms with E-state index in [0.29, 0.717) is 51.7 Å². The summed E-state index contributed by atoms with van der Waals surface area (Å²) in [6, 6.07) is 9.83. The molecule has 2 aliphatic heterocycles. The second kappa shape index (κ2) is 12.6. The lowest BCUT2D eigenvalue weighted by atomic mass is 9.85. The summed E-state index contributed by atoms with van der Waals surface area (Å²) in [4.78, 5) is 29.2. The number of amides is 3. The zero-order valence-corrected chi connectivity index (χ0v) is 23.9. The molecule has 2 fully saturated rings. The Kier molecular flexibility index (Phi) is 10.1. The molecule has 1 atom stereocenters. The quantitative estimate of drug-likeness (QED) is 0.369. The molecule has 10 heteroatoms. The number of carbonyl (C=O) groups is 2. The molecule has 208 valence electrons. The fraction of sp³-hybridized carbons (Fsp3) is 0.704. The van der Waals surface area contributed by atoms with Crippen molar-refractivity contribution in [1.82, 2.24) is 15.1 Å². The van der Waals surface area contributed by atoms with Gasteiger partial charge in [-0.05, 0) is 71.8 Å². The average Bonchev–Trinajstić information content (AvgIpc) is 3.18. The van der Waals surface area contributed by atoms with Crippen LogP contribution < -0.4 is 5.32 Å². The Morgan fingerprint density at radius 1 is 1.11 bits per heavy atom. The van der Waals surface area contributed by atoms with E-state index in [1.807, 2.05) is 56.0 Å². The van der Waals surface area contributed by atoms with Crippen molar-refractivity contribution in [2.24, 2.45) is 5.92 Å². The number of ether oxygens (including phenoxy) is 1. The minimum atomic E-state index is -3.27. The Hall–Kier alpha value is -2.09. The number of nitrogens with zero attached hydrogens (tertiary/aromatic N) is 2. The molecule has 1 aromatic carbocycles. The zero-order valence-electron chi connectivity index (χ0n) is 23.0. The van der Waals surface area contributed by atoms with Gasteiger partial charge in [-0.15, -0.1) is 0 Å². The summed E-state index contributed by atoms with van der Waals surface area (Å²) < 4.78 is 29.9. The molecule has 37 heavy (non-hydrogen) atoms. The Morgan fingerprint density at radius 3 is 2.30 bits per heavy atom. The number of nitrogens with one attached hydrogen (secondary N) is 1. The number of likely N-dealkylation sites (tertiary alicyclic amines) is 1. The van der Waals surface area contributed by atoms with Crippen molar-refractivity contribution in [3.8, 4) is 0 Å². The number of benzene rings is 1. The molecule has 1 unspecified atom stereocenters. The van der Waals surface area contributed by atoms with Crippen molar-refractivity contribution in [2.75, 3.05) is 45.6 Å². The average molecular weight is 538 g/mol. The van der Waals surface area contributed by atoms with E-state index in [9.17, 15) is 14.2 Å². The van der Waals surface area contributed by atoms with E-state index < -0.39 is 18.7 Å². The van der Waals surface area contributed by atoms with Crippen LogP contribution >= 0.6 is 7.60 Å². The van der Waals surface area contributed by atoms with Crippen molar-refractivity contribution < 1.29 is 27.9 Å². The number of rotatable bonds is 11. The molecule has 2 aliphatic rings. The highest BCUT2D eigenvalue weighted by atomic mass is 31.2. The highest BCUT2D eigenvalue weighted by molar-refractivity contribution is 7.53. The fourth-order valence-electron chi connectivity index (χ4n) is 5.22. The van der Waals surface area contributed by atoms with E-state index in [4.69, 9.17) is 13.8 Å². The first-order chi connectivity index (χ1) is 17.5. The molecule has 0 radical (unpaired) electrons. The van der Waals surface area contributed by atoms with E-state index in [-0.39, 0.29) is 18.3 Å². The summed E-state index contributed by atoms with van der Waals surface area (Å²) in [6.07, 6.45) is 3.00.